The van der Waals surface area contributed by atoms with Crippen LogP contribution in [0.15, 0.2) is 48.5 Å². The molecule has 0 unspecified atom stereocenters. The average molecular weight is 482 g/mol. The molecule has 34 heavy (non-hydrogen) atoms. The van der Waals surface area contributed by atoms with Crippen LogP contribution in [0.1, 0.15) is 40.0 Å². The minimum absolute atomic E-state index is 0.00878. The van der Waals surface area contributed by atoms with Crippen molar-refractivity contribution in [1.82, 2.24) is 10.0 Å². The molecule has 3 aliphatic rings. The fraction of sp³-hybridized carbons (Fsp3) is 0.333. The van der Waals surface area contributed by atoms with Crippen molar-refractivity contribution >= 4 is 40.8 Å². The summed E-state index contributed by atoms with van der Waals surface area (Å²) in [4.78, 5) is 63.9. The van der Waals surface area contributed by atoms with Crippen molar-refractivity contribution in [2.75, 3.05) is 6.54 Å². The average Bonchev–Trinajstić information content (AvgIpc) is 3.51. The first-order valence-electron chi connectivity index (χ1n) is 11.0. The Balaban J connectivity index is 1.51. The maximum absolute atomic E-state index is 13.5. The van der Waals surface area contributed by atoms with Gasteiger partial charge in [-0.25, -0.2) is 5.01 Å². The lowest BCUT2D eigenvalue weighted by Gasteiger charge is -2.31. The number of nitro benzene ring substituents is 1. The van der Waals surface area contributed by atoms with Crippen molar-refractivity contribution in [2.24, 2.45) is 23.7 Å². The molecule has 2 aromatic rings. The van der Waals surface area contributed by atoms with Gasteiger partial charge in [-0.15, -0.1) is 0 Å². The molecule has 4 atom stereocenters. The fourth-order valence-electron chi connectivity index (χ4n) is 5.66. The third-order valence-corrected chi connectivity index (χ3v) is 7.49. The number of hydrogen-bond donors (Lipinski definition) is 0. The number of non-ortho nitro benzene ring substituents is 1. The summed E-state index contributed by atoms with van der Waals surface area (Å²) in [5.74, 6) is -3.14. The van der Waals surface area contributed by atoms with Crippen molar-refractivity contribution in [2.45, 2.75) is 19.3 Å². The first-order chi connectivity index (χ1) is 16.3. The van der Waals surface area contributed by atoms with E-state index in [4.69, 9.17) is 11.6 Å². The van der Waals surface area contributed by atoms with E-state index in [-0.39, 0.29) is 33.7 Å². The summed E-state index contributed by atoms with van der Waals surface area (Å²) in [6.45, 7) is -0.641. The van der Waals surface area contributed by atoms with Gasteiger partial charge < -0.3 is 0 Å². The van der Waals surface area contributed by atoms with Crippen LogP contribution in [0.25, 0.3) is 0 Å². The van der Waals surface area contributed by atoms with Gasteiger partial charge in [0, 0.05) is 17.7 Å². The molecule has 1 aliphatic heterocycles. The van der Waals surface area contributed by atoms with Crippen LogP contribution in [-0.4, -0.2) is 45.0 Å². The largest absolute Gasteiger partial charge is 0.292 e. The molecule has 1 saturated heterocycles. The highest BCUT2D eigenvalue weighted by molar-refractivity contribution is 6.34. The van der Waals surface area contributed by atoms with E-state index in [0.717, 1.165) is 35.3 Å². The summed E-state index contributed by atoms with van der Waals surface area (Å²) in [5, 5.41) is 12.9. The van der Waals surface area contributed by atoms with Crippen LogP contribution in [0, 0.1) is 33.8 Å². The standard InChI is InChI=1S/C24H20ClN3O6/c25-18-7-2-1-6-17(18)22(30)26(12-19(29)13-4-3-5-16(11-13)28(33)34)27-23(31)20-14-8-9-15(10-14)21(20)24(27)32/h1-7,11,14-15,20-21H,8-10,12H2/t14-,15-,20-,21-/m0/s1. The van der Waals surface area contributed by atoms with E-state index >= 15 is 0 Å². The number of imide groups is 1. The molecule has 2 saturated carbocycles. The number of fused-ring (bicyclic) bond motifs is 5. The Kier molecular flexibility index (Phi) is 5.44. The van der Waals surface area contributed by atoms with E-state index in [1.54, 1.807) is 12.1 Å². The number of nitro groups is 1. The SMILES string of the molecule is O=C(CN(C(=O)c1ccccc1Cl)N1C(=O)[C@H]2[C@H]3CC[C@@H](C3)[C@@H]2C1=O)c1cccc([N+](=O)[O-])c1. The van der Waals surface area contributed by atoms with Crippen LogP contribution in [0.5, 0.6) is 0 Å². The number of rotatable bonds is 6. The molecule has 5 rings (SSSR count). The van der Waals surface area contributed by atoms with Gasteiger partial charge >= 0.3 is 0 Å². The molecular weight excluding hydrogens is 462 g/mol. The zero-order valence-corrected chi connectivity index (χ0v) is 18.7. The second-order valence-corrected chi connectivity index (χ2v) is 9.35. The highest BCUT2D eigenvalue weighted by atomic mass is 35.5. The highest BCUT2D eigenvalue weighted by Gasteiger charge is 2.62. The quantitative estimate of drug-likeness (QED) is 0.269. The molecule has 9 nitrogen and oxygen atoms in total. The zero-order valence-electron chi connectivity index (χ0n) is 17.9. The molecule has 2 aliphatic carbocycles. The third-order valence-electron chi connectivity index (χ3n) is 7.16. The zero-order chi connectivity index (χ0) is 24.1. The van der Waals surface area contributed by atoms with Crippen molar-refractivity contribution in [3.05, 3.63) is 74.8 Å². The number of amides is 3. The van der Waals surface area contributed by atoms with Crippen LogP contribution in [-0.2, 0) is 9.59 Å². The monoisotopic (exact) mass is 481 g/mol. The lowest BCUT2D eigenvalue weighted by atomic mass is 9.81. The summed E-state index contributed by atoms with van der Waals surface area (Å²) >= 11 is 6.21. The smallest absolute Gasteiger partial charge is 0.274 e. The predicted octanol–water partition coefficient (Wildman–Crippen LogP) is 3.52. The number of nitrogens with zero attached hydrogens (tertiary/aromatic N) is 3. The van der Waals surface area contributed by atoms with Crippen molar-refractivity contribution in [3.8, 4) is 0 Å². The van der Waals surface area contributed by atoms with Gasteiger partial charge in [0.1, 0.15) is 6.54 Å². The van der Waals surface area contributed by atoms with Crippen molar-refractivity contribution in [3.63, 3.8) is 0 Å². The second kappa shape index (κ2) is 8.32. The topological polar surface area (TPSA) is 118 Å². The van der Waals surface area contributed by atoms with E-state index in [9.17, 15) is 29.3 Å². The molecule has 1 heterocycles. The number of ketones is 1. The lowest BCUT2D eigenvalue weighted by Crippen LogP contribution is -2.52. The molecule has 2 bridgehead atoms. The molecule has 174 valence electrons. The van der Waals surface area contributed by atoms with E-state index in [1.807, 2.05) is 0 Å². The number of carbonyl (C=O) groups is 4. The summed E-state index contributed by atoms with van der Waals surface area (Å²) in [6, 6.07) is 11.3. The number of halogens is 1. The molecule has 0 radical (unpaired) electrons. The minimum atomic E-state index is -0.765. The van der Waals surface area contributed by atoms with Crippen LogP contribution < -0.4 is 0 Å². The van der Waals surface area contributed by atoms with E-state index < -0.39 is 46.8 Å². The van der Waals surface area contributed by atoms with E-state index in [2.05, 4.69) is 0 Å². The molecule has 2 aromatic carbocycles. The van der Waals surface area contributed by atoms with Crippen LogP contribution in [0.3, 0.4) is 0 Å². The Hall–Kier alpha value is -3.59. The van der Waals surface area contributed by atoms with Gasteiger partial charge in [-0.05, 0) is 43.2 Å². The molecule has 10 heteroatoms. The Morgan fingerprint density at radius 2 is 1.68 bits per heavy atom. The summed E-state index contributed by atoms with van der Waals surface area (Å²) < 4.78 is 0. The first-order valence-corrected chi connectivity index (χ1v) is 11.4. The van der Waals surface area contributed by atoms with Crippen molar-refractivity contribution in [1.29, 1.82) is 0 Å². The Morgan fingerprint density at radius 3 is 2.29 bits per heavy atom. The Bertz CT molecular complexity index is 1220. The number of Topliss-reactive ketones (excluding diaryl/α,β-unsaturated/α-hetero) is 1. The van der Waals surface area contributed by atoms with E-state index in [0.29, 0.717) is 0 Å². The van der Waals surface area contributed by atoms with Crippen LogP contribution >= 0.6 is 11.6 Å². The van der Waals surface area contributed by atoms with Gasteiger partial charge in [0.15, 0.2) is 5.78 Å². The Morgan fingerprint density at radius 1 is 1.03 bits per heavy atom. The third kappa shape index (κ3) is 3.47. The number of benzene rings is 2. The maximum atomic E-state index is 13.5. The first kappa shape index (κ1) is 22.2. The number of hydrazine groups is 1. The molecular formula is C24H20ClN3O6. The summed E-state index contributed by atoms with van der Waals surface area (Å²) in [7, 11) is 0. The van der Waals surface area contributed by atoms with E-state index in [1.165, 1.54) is 30.3 Å². The van der Waals surface area contributed by atoms with Crippen molar-refractivity contribution < 1.29 is 24.1 Å². The van der Waals surface area contributed by atoms with Gasteiger partial charge in [0.25, 0.3) is 23.4 Å². The van der Waals surface area contributed by atoms with Gasteiger partial charge in [-0.1, -0.05) is 35.9 Å². The highest BCUT2D eigenvalue weighted by Crippen LogP contribution is 2.56. The lowest BCUT2D eigenvalue weighted by molar-refractivity contribution is -0.384. The maximum Gasteiger partial charge on any atom is 0.274 e. The molecule has 3 amide bonds. The van der Waals surface area contributed by atoms with Gasteiger partial charge in [0.2, 0.25) is 0 Å². The molecule has 0 spiro atoms. The summed E-state index contributed by atoms with van der Waals surface area (Å²) in [5.41, 5.74) is -0.253. The molecule has 0 aromatic heterocycles. The fourth-order valence-corrected chi connectivity index (χ4v) is 5.87. The van der Waals surface area contributed by atoms with Gasteiger partial charge in [-0.3, -0.25) is 29.3 Å². The van der Waals surface area contributed by atoms with Crippen LogP contribution in [0.2, 0.25) is 5.02 Å². The summed E-state index contributed by atoms with van der Waals surface area (Å²) in [6.07, 6.45) is 2.55. The minimum Gasteiger partial charge on any atom is -0.292 e. The second-order valence-electron chi connectivity index (χ2n) is 8.95. The molecule has 3 fully saturated rings. The van der Waals surface area contributed by atoms with Gasteiger partial charge in [-0.2, -0.15) is 5.01 Å². The molecule has 0 N–H and O–H groups in total. The normalized spacial score (nSPS) is 24.9. The van der Waals surface area contributed by atoms with Gasteiger partial charge in [0.05, 0.1) is 27.3 Å². The number of hydrogen-bond acceptors (Lipinski definition) is 6. The number of carbonyl (C=O) groups excluding carboxylic acids is 4. The van der Waals surface area contributed by atoms with Crippen LogP contribution in [0.4, 0.5) is 5.69 Å². The Labute approximate surface area is 199 Å². The predicted molar refractivity (Wildman–Crippen MR) is 120 cm³/mol.